The first-order chi connectivity index (χ1) is 8.08. The predicted molar refractivity (Wildman–Crippen MR) is 62.6 cm³/mol. The molecule has 0 aliphatic heterocycles. The van der Waals surface area contributed by atoms with E-state index in [4.69, 9.17) is 5.11 Å². The van der Waals surface area contributed by atoms with Crippen molar-refractivity contribution in [1.29, 1.82) is 0 Å². The van der Waals surface area contributed by atoms with E-state index in [-0.39, 0.29) is 12.4 Å². The van der Waals surface area contributed by atoms with E-state index < -0.39 is 6.09 Å². The zero-order valence-corrected chi connectivity index (χ0v) is 9.40. The normalized spacial score (nSPS) is 10.7. The number of nitrogens with zero attached hydrogens (tertiary/aromatic N) is 1. The largest absolute Gasteiger partial charge is 0.465 e. The zero-order valence-electron chi connectivity index (χ0n) is 9.40. The van der Waals surface area contributed by atoms with Gasteiger partial charge in [-0.1, -0.05) is 0 Å². The van der Waals surface area contributed by atoms with Crippen LogP contribution >= 0.6 is 0 Å². The molecule has 0 aliphatic rings. The van der Waals surface area contributed by atoms with E-state index in [1.807, 2.05) is 23.9 Å². The lowest BCUT2D eigenvalue weighted by molar-refractivity contribution is 0.194. The van der Waals surface area contributed by atoms with Crippen molar-refractivity contribution in [2.24, 2.45) is 7.05 Å². The van der Waals surface area contributed by atoms with Crippen LogP contribution in [0.15, 0.2) is 24.4 Å². The Balaban J connectivity index is 2.22. The number of fused-ring (bicyclic) bond motifs is 1. The quantitative estimate of drug-likeness (QED) is 0.857. The zero-order chi connectivity index (χ0) is 12.4. The molecule has 0 atom stereocenters. The molecule has 0 radical (unpaired) electrons. The van der Waals surface area contributed by atoms with Gasteiger partial charge in [0.05, 0.1) is 5.52 Å². The molecule has 0 saturated carbocycles. The maximum absolute atomic E-state index is 13.7. The van der Waals surface area contributed by atoms with Crippen molar-refractivity contribution in [1.82, 2.24) is 9.88 Å². The van der Waals surface area contributed by atoms with Gasteiger partial charge in [-0.05, 0) is 30.2 Å². The highest BCUT2D eigenvalue weighted by Crippen LogP contribution is 2.20. The second-order valence-electron chi connectivity index (χ2n) is 3.91. The highest BCUT2D eigenvalue weighted by Gasteiger charge is 2.07. The van der Waals surface area contributed by atoms with Gasteiger partial charge in [0.25, 0.3) is 0 Å². The summed E-state index contributed by atoms with van der Waals surface area (Å²) in [6.45, 7) is 0.213. The van der Waals surface area contributed by atoms with Gasteiger partial charge in [0.1, 0.15) is 5.82 Å². The summed E-state index contributed by atoms with van der Waals surface area (Å²) < 4.78 is 15.6. The monoisotopic (exact) mass is 236 g/mol. The molecule has 0 aliphatic carbocycles. The SMILES string of the molecule is Cn1ccc2cc(CCNC(=O)O)c(F)cc21. The van der Waals surface area contributed by atoms with Gasteiger partial charge in [-0.2, -0.15) is 0 Å². The van der Waals surface area contributed by atoms with Gasteiger partial charge < -0.3 is 15.0 Å². The number of carboxylic acid groups (broad SMARTS) is 1. The van der Waals surface area contributed by atoms with Crippen LogP contribution in [-0.4, -0.2) is 22.3 Å². The molecule has 1 aromatic carbocycles. The Morgan fingerprint density at radius 3 is 3.00 bits per heavy atom. The van der Waals surface area contributed by atoms with E-state index in [1.54, 1.807) is 6.07 Å². The Morgan fingerprint density at radius 1 is 1.53 bits per heavy atom. The number of nitrogens with one attached hydrogen (secondary N) is 1. The Morgan fingerprint density at radius 2 is 2.29 bits per heavy atom. The van der Waals surface area contributed by atoms with Crippen molar-refractivity contribution in [3.05, 3.63) is 35.8 Å². The molecule has 1 amide bonds. The topological polar surface area (TPSA) is 54.3 Å². The molecule has 90 valence electrons. The van der Waals surface area contributed by atoms with E-state index in [2.05, 4.69) is 5.32 Å². The first kappa shape index (κ1) is 11.4. The summed E-state index contributed by atoms with van der Waals surface area (Å²) in [7, 11) is 1.85. The Hall–Kier alpha value is -2.04. The minimum Gasteiger partial charge on any atom is -0.465 e. The highest BCUT2D eigenvalue weighted by molar-refractivity contribution is 5.81. The summed E-state index contributed by atoms with van der Waals surface area (Å²) in [4.78, 5) is 10.3. The Kier molecular flexibility index (Phi) is 2.99. The molecule has 0 fully saturated rings. The average molecular weight is 236 g/mol. The molecule has 5 heteroatoms. The second kappa shape index (κ2) is 4.45. The third kappa shape index (κ3) is 2.38. The summed E-state index contributed by atoms with van der Waals surface area (Å²) in [5, 5.41) is 11.6. The molecule has 0 spiro atoms. The van der Waals surface area contributed by atoms with Crippen molar-refractivity contribution in [2.45, 2.75) is 6.42 Å². The van der Waals surface area contributed by atoms with Crippen LogP contribution < -0.4 is 5.32 Å². The van der Waals surface area contributed by atoms with Crippen LogP contribution in [0.4, 0.5) is 9.18 Å². The van der Waals surface area contributed by atoms with Crippen molar-refractivity contribution >= 4 is 17.0 Å². The number of hydrogen-bond acceptors (Lipinski definition) is 1. The van der Waals surface area contributed by atoms with Crippen molar-refractivity contribution < 1.29 is 14.3 Å². The molecule has 2 aromatic rings. The summed E-state index contributed by atoms with van der Waals surface area (Å²) in [5.41, 5.74) is 1.36. The van der Waals surface area contributed by atoms with Crippen LogP contribution in [0, 0.1) is 5.82 Å². The van der Waals surface area contributed by atoms with Gasteiger partial charge in [0.2, 0.25) is 0 Å². The Labute approximate surface area is 97.7 Å². The van der Waals surface area contributed by atoms with E-state index in [9.17, 15) is 9.18 Å². The van der Waals surface area contributed by atoms with Crippen LogP contribution in [0.1, 0.15) is 5.56 Å². The molecule has 2 N–H and O–H groups in total. The summed E-state index contributed by atoms with van der Waals surface area (Å²) in [6.07, 6.45) is 1.12. The standard InChI is InChI=1S/C12H13FN2O2/c1-15-5-3-9-6-8(2-4-14-12(16)17)10(13)7-11(9)15/h3,5-7,14H,2,4H2,1H3,(H,16,17). The maximum Gasteiger partial charge on any atom is 0.404 e. The molecule has 1 aromatic heterocycles. The fourth-order valence-corrected chi connectivity index (χ4v) is 1.83. The predicted octanol–water partition coefficient (Wildman–Crippen LogP) is 2.13. The fraction of sp³-hybridized carbons (Fsp3) is 0.250. The minimum atomic E-state index is -1.09. The van der Waals surface area contributed by atoms with Crippen LogP contribution in [0.3, 0.4) is 0 Å². The number of rotatable bonds is 3. The molecule has 2 rings (SSSR count). The lowest BCUT2D eigenvalue weighted by Gasteiger charge is -2.05. The van der Waals surface area contributed by atoms with E-state index in [0.29, 0.717) is 12.0 Å². The lowest BCUT2D eigenvalue weighted by atomic mass is 10.1. The highest BCUT2D eigenvalue weighted by atomic mass is 19.1. The summed E-state index contributed by atoms with van der Waals surface area (Å²) >= 11 is 0. The molecular weight excluding hydrogens is 223 g/mol. The van der Waals surface area contributed by atoms with Crippen molar-refractivity contribution in [2.75, 3.05) is 6.54 Å². The minimum absolute atomic E-state index is 0.213. The number of aromatic nitrogens is 1. The average Bonchev–Trinajstić information content (AvgIpc) is 2.60. The number of halogens is 1. The van der Waals surface area contributed by atoms with Gasteiger partial charge in [-0.15, -0.1) is 0 Å². The van der Waals surface area contributed by atoms with Crippen LogP contribution in [-0.2, 0) is 13.5 Å². The second-order valence-corrected chi connectivity index (χ2v) is 3.91. The number of hydrogen-bond donors (Lipinski definition) is 2. The molecule has 0 bridgehead atoms. The fourth-order valence-electron chi connectivity index (χ4n) is 1.83. The van der Waals surface area contributed by atoms with Crippen LogP contribution in [0.2, 0.25) is 0 Å². The number of amides is 1. The van der Waals surface area contributed by atoms with E-state index in [0.717, 1.165) is 10.9 Å². The van der Waals surface area contributed by atoms with Crippen LogP contribution in [0.5, 0.6) is 0 Å². The third-order valence-electron chi connectivity index (χ3n) is 2.72. The molecular formula is C12H13FN2O2. The van der Waals surface area contributed by atoms with Crippen molar-refractivity contribution in [3.63, 3.8) is 0 Å². The summed E-state index contributed by atoms with van der Waals surface area (Å²) in [6, 6.07) is 5.14. The molecule has 17 heavy (non-hydrogen) atoms. The van der Waals surface area contributed by atoms with E-state index in [1.165, 1.54) is 6.07 Å². The van der Waals surface area contributed by atoms with Gasteiger partial charge in [-0.3, -0.25) is 0 Å². The van der Waals surface area contributed by atoms with E-state index >= 15 is 0 Å². The number of carbonyl (C=O) groups is 1. The number of benzene rings is 1. The van der Waals surface area contributed by atoms with Gasteiger partial charge >= 0.3 is 6.09 Å². The van der Waals surface area contributed by atoms with Crippen LogP contribution in [0.25, 0.3) is 10.9 Å². The smallest absolute Gasteiger partial charge is 0.404 e. The van der Waals surface area contributed by atoms with Gasteiger partial charge in [0, 0.05) is 25.2 Å². The first-order valence-electron chi connectivity index (χ1n) is 5.28. The first-order valence-corrected chi connectivity index (χ1v) is 5.28. The summed E-state index contributed by atoms with van der Waals surface area (Å²) in [5.74, 6) is -0.300. The Bertz CT molecular complexity index is 563. The van der Waals surface area contributed by atoms with Crippen molar-refractivity contribution in [3.8, 4) is 0 Å². The lowest BCUT2D eigenvalue weighted by Crippen LogP contribution is -2.23. The maximum atomic E-state index is 13.7. The molecule has 4 nitrogen and oxygen atoms in total. The van der Waals surface area contributed by atoms with Gasteiger partial charge in [-0.25, -0.2) is 9.18 Å². The van der Waals surface area contributed by atoms with Gasteiger partial charge in [0.15, 0.2) is 0 Å². The molecule has 1 heterocycles. The molecule has 0 unspecified atom stereocenters. The molecule has 0 saturated heterocycles. The third-order valence-corrected chi connectivity index (χ3v) is 2.72. The number of aryl methyl sites for hydroxylation is 1.